The molecule has 0 unspecified atom stereocenters. The smallest absolute Gasteiger partial charge is 0.0498 e. The summed E-state index contributed by atoms with van der Waals surface area (Å²) < 4.78 is 16.8. The van der Waals surface area contributed by atoms with Crippen LogP contribution in [0.2, 0.25) is 5.02 Å². The molecule has 0 bridgehead atoms. The molecule has 1 aromatic carbocycles. The number of halogens is 1. The van der Waals surface area contributed by atoms with Gasteiger partial charge in [-0.25, -0.2) is 0 Å². The van der Waals surface area contributed by atoms with Gasteiger partial charge in [-0.3, -0.25) is 4.21 Å². The minimum absolute atomic E-state index is 0.411. The summed E-state index contributed by atoms with van der Waals surface area (Å²) in [6.07, 6.45) is 5.17. The summed E-state index contributed by atoms with van der Waals surface area (Å²) in [7, 11) is -0.880. The van der Waals surface area contributed by atoms with E-state index < -0.39 is 10.8 Å². The fourth-order valence-electron chi connectivity index (χ4n) is 2.82. The van der Waals surface area contributed by atoms with Crippen molar-refractivity contribution < 1.29 is 8.95 Å². The van der Waals surface area contributed by atoms with Crippen LogP contribution >= 0.6 is 11.6 Å². The molecule has 1 aliphatic heterocycles. The van der Waals surface area contributed by atoms with Crippen LogP contribution in [-0.2, 0) is 21.3 Å². The van der Waals surface area contributed by atoms with Gasteiger partial charge in [0.2, 0.25) is 0 Å². The maximum atomic E-state index is 11.4. The normalized spacial score (nSPS) is 19.2. The van der Waals surface area contributed by atoms with Gasteiger partial charge < -0.3 is 10.1 Å². The summed E-state index contributed by atoms with van der Waals surface area (Å²) in [4.78, 5) is 0. The van der Waals surface area contributed by atoms with Gasteiger partial charge >= 0.3 is 0 Å². The van der Waals surface area contributed by atoms with E-state index in [0.717, 1.165) is 49.6 Å². The van der Waals surface area contributed by atoms with E-state index >= 15 is 0 Å². The van der Waals surface area contributed by atoms with Gasteiger partial charge in [-0.15, -0.1) is 0 Å². The standard InChI is InChI=1S/C16H24ClNO2S/c1-12(9-13-5-7-20-8-6-13)18-15-3-4-16(17)14(10-15)11-21(2)19/h3-4,10,12-13,18H,5-9,11H2,1-2H3/t12-,21+/m1/s1. The third-order valence-corrected chi connectivity index (χ3v) is 4.93. The molecule has 2 rings (SSSR count). The highest BCUT2D eigenvalue weighted by Crippen LogP contribution is 2.25. The summed E-state index contributed by atoms with van der Waals surface area (Å²) in [5.74, 6) is 1.25. The molecule has 1 N–H and O–H groups in total. The lowest BCUT2D eigenvalue weighted by molar-refractivity contribution is 0.0629. The zero-order valence-corrected chi connectivity index (χ0v) is 14.3. The van der Waals surface area contributed by atoms with Crippen molar-refractivity contribution in [3.8, 4) is 0 Å². The fraction of sp³-hybridized carbons (Fsp3) is 0.625. The second kappa shape index (κ2) is 8.16. The van der Waals surface area contributed by atoms with Gasteiger partial charge in [0.25, 0.3) is 0 Å². The molecule has 1 aromatic rings. The molecule has 0 amide bonds. The Morgan fingerprint density at radius 3 is 2.81 bits per heavy atom. The highest BCUT2D eigenvalue weighted by atomic mass is 35.5. The van der Waals surface area contributed by atoms with Crippen LogP contribution in [0.1, 0.15) is 31.7 Å². The third-order valence-electron chi connectivity index (χ3n) is 3.85. The molecule has 0 spiro atoms. The summed E-state index contributed by atoms with van der Waals surface area (Å²) in [5.41, 5.74) is 2.00. The van der Waals surface area contributed by atoms with Crippen LogP contribution in [0, 0.1) is 5.92 Å². The van der Waals surface area contributed by atoms with Gasteiger partial charge in [-0.2, -0.15) is 0 Å². The van der Waals surface area contributed by atoms with Crippen LogP contribution < -0.4 is 5.32 Å². The van der Waals surface area contributed by atoms with Crippen LogP contribution in [-0.4, -0.2) is 29.7 Å². The molecule has 21 heavy (non-hydrogen) atoms. The minimum Gasteiger partial charge on any atom is -0.383 e. The highest BCUT2D eigenvalue weighted by Gasteiger charge is 2.17. The van der Waals surface area contributed by atoms with E-state index in [2.05, 4.69) is 12.2 Å². The topological polar surface area (TPSA) is 38.3 Å². The molecule has 0 saturated carbocycles. The maximum Gasteiger partial charge on any atom is 0.0498 e. The van der Waals surface area contributed by atoms with E-state index in [-0.39, 0.29) is 0 Å². The average molecular weight is 330 g/mol. The largest absolute Gasteiger partial charge is 0.383 e. The summed E-state index contributed by atoms with van der Waals surface area (Å²) >= 11 is 6.16. The molecule has 0 aromatic heterocycles. The summed E-state index contributed by atoms with van der Waals surface area (Å²) in [5, 5.41) is 4.22. The lowest BCUT2D eigenvalue weighted by Gasteiger charge is -2.26. The molecular formula is C16H24ClNO2S. The molecule has 2 atom stereocenters. The average Bonchev–Trinajstić information content (AvgIpc) is 2.43. The van der Waals surface area contributed by atoms with Gasteiger partial charge in [0.15, 0.2) is 0 Å². The minimum atomic E-state index is -0.880. The maximum absolute atomic E-state index is 11.4. The Morgan fingerprint density at radius 1 is 1.43 bits per heavy atom. The van der Waals surface area contributed by atoms with Crippen LogP contribution in [0.3, 0.4) is 0 Å². The first-order valence-electron chi connectivity index (χ1n) is 7.47. The van der Waals surface area contributed by atoms with Crippen molar-refractivity contribution >= 4 is 28.1 Å². The number of benzene rings is 1. The van der Waals surface area contributed by atoms with Gasteiger partial charge in [0.1, 0.15) is 0 Å². The van der Waals surface area contributed by atoms with Crippen molar-refractivity contribution in [2.24, 2.45) is 5.92 Å². The molecule has 0 aliphatic carbocycles. The highest BCUT2D eigenvalue weighted by molar-refractivity contribution is 7.83. The first-order chi connectivity index (χ1) is 10.0. The number of rotatable bonds is 6. The molecule has 1 saturated heterocycles. The predicted molar refractivity (Wildman–Crippen MR) is 90.5 cm³/mol. The first kappa shape index (κ1) is 16.8. The predicted octanol–water partition coefficient (Wildman–Crippen LogP) is 3.84. The Kier molecular flexibility index (Phi) is 6.52. The van der Waals surface area contributed by atoms with Crippen molar-refractivity contribution in [3.05, 3.63) is 28.8 Å². The zero-order chi connectivity index (χ0) is 15.2. The molecule has 5 heteroatoms. The monoisotopic (exact) mass is 329 g/mol. The second-order valence-corrected chi connectivity index (χ2v) is 7.70. The van der Waals surface area contributed by atoms with Crippen molar-refractivity contribution in [2.45, 2.75) is 38.0 Å². The summed E-state index contributed by atoms with van der Waals surface area (Å²) in [6.45, 7) is 4.00. The SMILES string of the molecule is C[C@H](CC1CCOCC1)Nc1ccc(Cl)c(C[S@](C)=O)c1. The van der Waals surface area contributed by atoms with Gasteiger partial charge in [-0.05, 0) is 55.9 Å². The number of nitrogens with one attached hydrogen (secondary N) is 1. The second-order valence-electron chi connectivity index (χ2n) is 5.86. The molecule has 118 valence electrons. The van der Waals surface area contributed by atoms with Crippen molar-refractivity contribution in [3.63, 3.8) is 0 Å². The van der Waals surface area contributed by atoms with E-state index in [1.807, 2.05) is 18.2 Å². The number of hydrogen-bond donors (Lipinski definition) is 1. The zero-order valence-electron chi connectivity index (χ0n) is 12.7. The molecule has 1 aliphatic rings. The van der Waals surface area contributed by atoms with Gasteiger partial charge in [0, 0.05) is 52.8 Å². The van der Waals surface area contributed by atoms with Crippen LogP contribution in [0.4, 0.5) is 5.69 Å². The number of anilines is 1. The van der Waals surface area contributed by atoms with Gasteiger partial charge in [-0.1, -0.05) is 11.6 Å². The first-order valence-corrected chi connectivity index (χ1v) is 9.58. The van der Waals surface area contributed by atoms with Crippen molar-refractivity contribution in [1.82, 2.24) is 0 Å². The Morgan fingerprint density at radius 2 is 2.14 bits per heavy atom. The molecule has 3 nitrogen and oxygen atoms in total. The van der Waals surface area contributed by atoms with Crippen LogP contribution in [0.5, 0.6) is 0 Å². The van der Waals surface area contributed by atoms with Crippen LogP contribution in [0.15, 0.2) is 18.2 Å². The Hall–Kier alpha value is -0.580. The number of ether oxygens (including phenoxy) is 1. The van der Waals surface area contributed by atoms with Crippen molar-refractivity contribution in [1.29, 1.82) is 0 Å². The lowest BCUT2D eigenvalue weighted by atomic mass is 9.93. The van der Waals surface area contributed by atoms with Crippen molar-refractivity contribution in [2.75, 3.05) is 24.8 Å². The molecule has 1 heterocycles. The Bertz CT molecular complexity index is 489. The number of hydrogen-bond acceptors (Lipinski definition) is 3. The Balaban J connectivity index is 1.93. The van der Waals surface area contributed by atoms with E-state index in [1.54, 1.807) is 6.26 Å². The Labute approximate surface area is 134 Å². The quantitative estimate of drug-likeness (QED) is 0.861. The summed E-state index contributed by atoms with van der Waals surface area (Å²) in [6, 6.07) is 6.30. The fourth-order valence-corrected chi connectivity index (χ4v) is 3.76. The lowest BCUT2D eigenvalue weighted by Crippen LogP contribution is -2.24. The van der Waals surface area contributed by atoms with Crippen LogP contribution in [0.25, 0.3) is 0 Å². The molecule has 1 fully saturated rings. The van der Waals surface area contributed by atoms with Gasteiger partial charge in [0.05, 0.1) is 0 Å². The van der Waals surface area contributed by atoms with E-state index in [0.29, 0.717) is 16.8 Å². The van der Waals surface area contributed by atoms with E-state index in [1.165, 1.54) is 0 Å². The van der Waals surface area contributed by atoms with E-state index in [9.17, 15) is 4.21 Å². The molecule has 0 radical (unpaired) electrons. The third kappa shape index (κ3) is 5.61. The molecular weight excluding hydrogens is 306 g/mol. The van der Waals surface area contributed by atoms with E-state index in [4.69, 9.17) is 16.3 Å².